The van der Waals surface area contributed by atoms with E-state index in [-0.39, 0.29) is 11.9 Å². The number of ether oxygens (including phenoxy) is 1. The monoisotopic (exact) mass is 284 g/mol. The van der Waals surface area contributed by atoms with Crippen LogP contribution in [0.15, 0.2) is 0 Å². The van der Waals surface area contributed by atoms with Gasteiger partial charge in [-0.25, -0.2) is 4.79 Å². The van der Waals surface area contributed by atoms with Gasteiger partial charge in [-0.3, -0.25) is 4.79 Å². The van der Waals surface area contributed by atoms with E-state index in [1.807, 2.05) is 20.8 Å². The van der Waals surface area contributed by atoms with Crippen molar-refractivity contribution in [2.45, 2.75) is 71.4 Å². The van der Waals surface area contributed by atoms with E-state index in [9.17, 15) is 9.59 Å². The Balaban J connectivity index is 2.32. The summed E-state index contributed by atoms with van der Waals surface area (Å²) in [7, 11) is 0. The minimum absolute atomic E-state index is 0.0341. The molecule has 1 rings (SSSR count). The van der Waals surface area contributed by atoms with Crippen molar-refractivity contribution in [3.63, 3.8) is 0 Å². The molecule has 0 aromatic carbocycles. The number of carbonyl (C=O) groups excluding carboxylic acids is 2. The molecule has 0 unspecified atom stereocenters. The summed E-state index contributed by atoms with van der Waals surface area (Å²) in [6.45, 7) is 8.00. The average Bonchev–Trinajstić information content (AvgIpc) is 3.13. The standard InChI is InChI=1S/C15H28N2O3/c1-5-6-7-13(18)17-12(11-8-9-11)10-16-14(19)20-15(2,3)4/h11-12H,5-10H2,1-4H3,(H,16,19)(H,17,18)/t12-/m0/s1. The van der Waals surface area contributed by atoms with Crippen LogP contribution in [0.1, 0.15) is 59.8 Å². The smallest absolute Gasteiger partial charge is 0.407 e. The van der Waals surface area contributed by atoms with Crippen LogP contribution < -0.4 is 10.6 Å². The van der Waals surface area contributed by atoms with Crippen LogP contribution in [0.3, 0.4) is 0 Å². The molecule has 1 aliphatic rings. The van der Waals surface area contributed by atoms with E-state index in [0.29, 0.717) is 18.9 Å². The second kappa shape index (κ2) is 7.50. The number of nitrogens with one attached hydrogen (secondary N) is 2. The molecule has 0 aromatic heterocycles. The van der Waals surface area contributed by atoms with Gasteiger partial charge < -0.3 is 15.4 Å². The van der Waals surface area contributed by atoms with Crippen LogP contribution in [0.2, 0.25) is 0 Å². The number of rotatable bonds is 7. The van der Waals surface area contributed by atoms with Crippen LogP contribution in [0.25, 0.3) is 0 Å². The van der Waals surface area contributed by atoms with Gasteiger partial charge >= 0.3 is 6.09 Å². The van der Waals surface area contributed by atoms with Crippen molar-refractivity contribution in [1.82, 2.24) is 10.6 Å². The highest BCUT2D eigenvalue weighted by molar-refractivity contribution is 5.76. The first-order valence-electron chi connectivity index (χ1n) is 7.58. The minimum atomic E-state index is -0.496. The van der Waals surface area contributed by atoms with E-state index in [0.717, 1.165) is 25.7 Å². The molecule has 0 bridgehead atoms. The maximum atomic E-state index is 11.8. The zero-order valence-corrected chi connectivity index (χ0v) is 13.1. The van der Waals surface area contributed by atoms with Crippen molar-refractivity contribution < 1.29 is 14.3 Å². The molecule has 0 saturated heterocycles. The molecule has 1 aliphatic carbocycles. The maximum absolute atomic E-state index is 11.8. The van der Waals surface area contributed by atoms with Crippen molar-refractivity contribution in [2.75, 3.05) is 6.54 Å². The molecule has 0 heterocycles. The number of carbonyl (C=O) groups is 2. The number of hydrogen-bond acceptors (Lipinski definition) is 3. The van der Waals surface area contributed by atoms with Gasteiger partial charge in [0, 0.05) is 19.0 Å². The highest BCUT2D eigenvalue weighted by atomic mass is 16.6. The molecule has 5 heteroatoms. The maximum Gasteiger partial charge on any atom is 0.407 e. The fraction of sp³-hybridized carbons (Fsp3) is 0.867. The third-order valence-electron chi connectivity index (χ3n) is 3.16. The normalized spacial score (nSPS) is 16.4. The van der Waals surface area contributed by atoms with Crippen LogP contribution in [0.5, 0.6) is 0 Å². The Labute approximate surface area is 121 Å². The molecule has 116 valence electrons. The van der Waals surface area contributed by atoms with Gasteiger partial charge in [0.25, 0.3) is 0 Å². The van der Waals surface area contributed by atoms with Crippen molar-refractivity contribution in [1.29, 1.82) is 0 Å². The first-order valence-corrected chi connectivity index (χ1v) is 7.58. The SMILES string of the molecule is CCCCC(=O)N[C@@H](CNC(=O)OC(C)(C)C)C1CC1. The summed E-state index contributed by atoms with van der Waals surface area (Å²) < 4.78 is 5.20. The highest BCUT2D eigenvalue weighted by Crippen LogP contribution is 2.32. The molecule has 1 fully saturated rings. The van der Waals surface area contributed by atoms with Gasteiger partial charge in [0.1, 0.15) is 5.60 Å². The van der Waals surface area contributed by atoms with E-state index in [2.05, 4.69) is 17.6 Å². The summed E-state index contributed by atoms with van der Waals surface area (Å²) in [5, 5.41) is 5.77. The number of unbranched alkanes of at least 4 members (excludes halogenated alkanes) is 1. The summed E-state index contributed by atoms with van der Waals surface area (Å²) in [5.41, 5.74) is -0.496. The van der Waals surface area contributed by atoms with Gasteiger partial charge in [0.2, 0.25) is 5.91 Å². The Bertz CT molecular complexity index is 333. The Hall–Kier alpha value is -1.26. The van der Waals surface area contributed by atoms with Gasteiger partial charge in [-0.15, -0.1) is 0 Å². The molecule has 2 amide bonds. The first kappa shape index (κ1) is 16.8. The van der Waals surface area contributed by atoms with Crippen molar-refractivity contribution in [3.05, 3.63) is 0 Å². The van der Waals surface area contributed by atoms with E-state index in [1.54, 1.807) is 0 Å². The number of alkyl carbamates (subject to hydrolysis) is 1. The topological polar surface area (TPSA) is 67.4 Å². The molecular formula is C15H28N2O3. The molecule has 0 spiro atoms. The van der Waals surface area contributed by atoms with Crippen LogP contribution >= 0.6 is 0 Å². The lowest BCUT2D eigenvalue weighted by molar-refractivity contribution is -0.122. The van der Waals surface area contributed by atoms with E-state index in [4.69, 9.17) is 4.74 Å². The molecule has 5 nitrogen and oxygen atoms in total. The first-order chi connectivity index (χ1) is 9.31. The molecular weight excluding hydrogens is 256 g/mol. The zero-order chi connectivity index (χ0) is 15.2. The molecule has 1 saturated carbocycles. The molecule has 0 aliphatic heterocycles. The highest BCUT2D eigenvalue weighted by Gasteiger charge is 2.32. The Kier molecular flexibility index (Phi) is 6.30. The van der Waals surface area contributed by atoms with E-state index < -0.39 is 11.7 Å². The quantitative estimate of drug-likeness (QED) is 0.755. The molecule has 0 radical (unpaired) electrons. The fourth-order valence-electron chi connectivity index (χ4n) is 1.96. The summed E-state index contributed by atoms with van der Waals surface area (Å²) >= 11 is 0. The fourth-order valence-corrected chi connectivity index (χ4v) is 1.96. The van der Waals surface area contributed by atoms with Gasteiger partial charge in [-0.05, 0) is 46.0 Å². The van der Waals surface area contributed by atoms with Crippen molar-refractivity contribution >= 4 is 12.0 Å². The predicted molar refractivity (Wildman–Crippen MR) is 78.4 cm³/mol. The van der Waals surface area contributed by atoms with E-state index >= 15 is 0 Å². The predicted octanol–water partition coefficient (Wildman–Crippen LogP) is 2.60. The van der Waals surface area contributed by atoms with Gasteiger partial charge in [0.05, 0.1) is 0 Å². The Morgan fingerprint density at radius 2 is 1.95 bits per heavy atom. The number of hydrogen-bond donors (Lipinski definition) is 2. The molecule has 2 N–H and O–H groups in total. The Morgan fingerprint density at radius 1 is 1.30 bits per heavy atom. The van der Waals surface area contributed by atoms with Crippen molar-refractivity contribution in [2.24, 2.45) is 5.92 Å². The lowest BCUT2D eigenvalue weighted by Crippen LogP contribution is -2.46. The molecule has 0 aromatic rings. The molecule has 1 atom stereocenters. The second-order valence-corrected chi connectivity index (χ2v) is 6.50. The average molecular weight is 284 g/mol. The summed E-state index contributed by atoms with van der Waals surface area (Å²) in [6, 6.07) is 0.0341. The number of amides is 2. The van der Waals surface area contributed by atoms with Crippen LogP contribution in [-0.4, -0.2) is 30.2 Å². The van der Waals surface area contributed by atoms with Crippen LogP contribution in [0.4, 0.5) is 4.79 Å². The van der Waals surface area contributed by atoms with E-state index in [1.165, 1.54) is 0 Å². The lowest BCUT2D eigenvalue weighted by atomic mass is 10.1. The van der Waals surface area contributed by atoms with Gasteiger partial charge in [-0.1, -0.05) is 13.3 Å². The van der Waals surface area contributed by atoms with Gasteiger partial charge in [-0.2, -0.15) is 0 Å². The van der Waals surface area contributed by atoms with Crippen molar-refractivity contribution in [3.8, 4) is 0 Å². The third kappa shape index (κ3) is 7.36. The molecule has 20 heavy (non-hydrogen) atoms. The zero-order valence-electron chi connectivity index (χ0n) is 13.1. The largest absolute Gasteiger partial charge is 0.444 e. The van der Waals surface area contributed by atoms with Crippen LogP contribution in [-0.2, 0) is 9.53 Å². The minimum Gasteiger partial charge on any atom is -0.444 e. The third-order valence-corrected chi connectivity index (χ3v) is 3.16. The van der Waals surface area contributed by atoms with Gasteiger partial charge in [0.15, 0.2) is 0 Å². The summed E-state index contributed by atoms with van der Waals surface area (Å²) in [4.78, 5) is 23.4. The summed E-state index contributed by atoms with van der Waals surface area (Å²) in [6.07, 6.45) is 4.29. The second-order valence-electron chi connectivity index (χ2n) is 6.50. The lowest BCUT2D eigenvalue weighted by Gasteiger charge is -2.22. The Morgan fingerprint density at radius 3 is 2.45 bits per heavy atom. The van der Waals surface area contributed by atoms with Crippen LogP contribution in [0, 0.1) is 5.92 Å². The summed E-state index contributed by atoms with van der Waals surface area (Å²) in [5.74, 6) is 0.574.